The van der Waals surface area contributed by atoms with Crippen molar-refractivity contribution < 1.29 is 0 Å². The Morgan fingerprint density at radius 3 is 1.23 bits per heavy atom. The van der Waals surface area contributed by atoms with Gasteiger partial charge < -0.3 is 4.57 Å². The normalized spacial score (nSPS) is 11.5. The standard InChI is InChI=1S/C57H37N5/c1-4-16-38(17-5-1)41-28-30-42(31-29-41)55-58-56(60-57(59-55)62-50-25-13-10-22-45(50)46-23-11-14-26-51(46)62)49-24-12-15-27-52(49)61-53-36-43(39-18-6-2-7-19-39)32-34-47(53)48-35-33-44(37-54(48)61)40-20-8-3-9-21-40/h1-37H. The second-order valence-electron chi connectivity index (χ2n) is 15.6. The number of nitrogens with zero attached hydrogens (tertiary/aromatic N) is 5. The molecular formula is C57H37N5. The van der Waals surface area contributed by atoms with E-state index in [0.29, 0.717) is 17.6 Å². The predicted molar refractivity (Wildman–Crippen MR) is 256 cm³/mol. The van der Waals surface area contributed by atoms with E-state index in [1.165, 1.54) is 21.9 Å². The maximum absolute atomic E-state index is 5.43. The zero-order valence-electron chi connectivity index (χ0n) is 33.6. The molecule has 0 amide bonds. The number of aromatic nitrogens is 5. The Labute approximate surface area is 358 Å². The Morgan fingerprint density at radius 2 is 0.661 bits per heavy atom. The van der Waals surface area contributed by atoms with E-state index in [1.54, 1.807) is 0 Å². The minimum absolute atomic E-state index is 0.560. The van der Waals surface area contributed by atoms with Crippen LogP contribution in [-0.2, 0) is 0 Å². The van der Waals surface area contributed by atoms with Crippen molar-refractivity contribution >= 4 is 43.6 Å². The first kappa shape index (κ1) is 35.5. The first-order chi connectivity index (χ1) is 30.7. The Hall–Kier alpha value is -8.41. The summed E-state index contributed by atoms with van der Waals surface area (Å²) < 4.78 is 4.58. The molecule has 12 aromatic rings. The molecule has 0 atom stereocenters. The number of rotatable bonds is 7. The van der Waals surface area contributed by atoms with E-state index in [-0.39, 0.29) is 0 Å². The minimum Gasteiger partial charge on any atom is -0.308 e. The van der Waals surface area contributed by atoms with Crippen LogP contribution in [0.3, 0.4) is 0 Å². The molecule has 0 saturated heterocycles. The van der Waals surface area contributed by atoms with Crippen LogP contribution < -0.4 is 0 Å². The Kier molecular flexibility index (Phi) is 8.42. The maximum atomic E-state index is 5.43. The van der Waals surface area contributed by atoms with Gasteiger partial charge >= 0.3 is 0 Å². The van der Waals surface area contributed by atoms with Crippen molar-refractivity contribution in [3.05, 3.63) is 224 Å². The van der Waals surface area contributed by atoms with Gasteiger partial charge in [0.05, 0.1) is 27.8 Å². The van der Waals surface area contributed by atoms with Crippen molar-refractivity contribution in [1.82, 2.24) is 24.1 Å². The summed E-state index contributed by atoms with van der Waals surface area (Å²) in [7, 11) is 0. The van der Waals surface area contributed by atoms with Gasteiger partial charge in [0.15, 0.2) is 11.6 Å². The van der Waals surface area contributed by atoms with Gasteiger partial charge in [0.2, 0.25) is 5.95 Å². The molecule has 0 spiro atoms. The Bertz CT molecular complexity index is 3460. The van der Waals surface area contributed by atoms with E-state index < -0.39 is 0 Å². The second-order valence-corrected chi connectivity index (χ2v) is 15.6. The third kappa shape index (κ3) is 5.98. The summed E-state index contributed by atoms with van der Waals surface area (Å²) in [6.07, 6.45) is 0. The lowest BCUT2D eigenvalue weighted by molar-refractivity contribution is 0.951. The van der Waals surface area contributed by atoms with Crippen molar-refractivity contribution in [2.75, 3.05) is 0 Å². The van der Waals surface area contributed by atoms with Gasteiger partial charge in [-0.1, -0.05) is 188 Å². The Balaban J connectivity index is 1.13. The van der Waals surface area contributed by atoms with Gasteiger partial charge in [-0.2, -0.15) is 9.97 Å². The second kappa shape index (κ2) is 14.7. The monoisotopic (exact) mass is 791 g/mol. The van der Waals surface area contributed by atoms with Crippen LogP contribution in [0.2, 0.25) is 0 Å². The van der Waals surface area contributed by atoms with Crippen LogP contribution in [0.25, 0.3) is 111 Å². The highest BCUT2D eigenvalue weighted by atomic mass is 15.2. The van der Waals surface area contributed by atoms with Crippen LogP contribution in [0, 0.1) is 0 Å². The molecule has 5 heteroatoms. The molecule has 0 aliphatic carbocycles. The van der Waals surface area contributed by atoms with Crippen LogP contribution in [-0.4, -0.2) is 24.1 Å². The summed E-state index contributed by atoms with van der Waals surface area (Å²) >= 11 is 0. The number of hydrogen-bond acceptors (Lipinski definition) is 3. The fourth-order valence-electron chi connectivity index (χ4n) is 9.05. The number of para-hydroxylation sites is 3. The molecule has 5 nitrogen and oxygen atoms in total. The van der Waals surface area contributed by atoms with Crippen LogP contribution in [0.5, 0.6) is 0 Å². The summed E-state index contributed by atoms with van der Waals surface area (Å²) in [4.78, 5) is 16.1. The molecule has 12 rings (SSSR count). The minimum atomic E-state index is 0.560. The summed E-state index contributed by atoms with van der Waals surface area (Å²) in [6, 6.07) is 79.3. The highest BCUT2D eigenvalue weighted by Crippen LogP contribution is 2.40. The number of fused-ring (bicyclic) bond motifs is 6. The highest BCUT2D eigenvalue weighted by Gasteiger charge is 2.22. The van der Waals surface area contributed by atoms with Gasteiger partial charge in [0.25, 0.3) is 0 Å². The summed E-state index contributed by atoms with van der Waals surface area (Å²) in [6.45, 7) is 0. The van der Waals surface area contributed by atoms with Crippen molar-refractivity contribution in [3.63, 3.8) is 0 Å². The molecule has 62 heavy (non-hydrogen) atoms. The van der Waals surface area contributed by atoms with E-state index in [2.05, 4.69) is 228 Å². The first-order valence-corrected chi connectivity index (χ1v) is 20.9. The van der Waals surface area contributed by atoms with Gasteiger partial charge in [0, 0.05) is 32.7 Å². The van der Waals surface area contributed by atoms with E-state index in [9.17, 15) is 0 Å². The molecule has 3 aromatic heterocycles. The zero-order chi connectivity index (χ0) is 41.0. The van der Waals surface area contributed by atoms with Gasteiger partial charge in [-0.05, 0) is 69.8 Å². The van der Waals surface area contributed by atoms with Crippen molar-refractivity contribution in [1.29, 1.82) is 0 Å². The molecule has 0 saturated carbocycles. The summed E-state index contributed by atoms with van der Waals surface area (Å²) in [5.41, 5.74) is 14.0. The molecule has 0 fully saturated rings. The Morgan fingerprint density at radius 1 is 0.258 bits per heavy atom. The average molecular weight is 792 g/mol. The molecule has 0 aliphatic rings. The molecule has 0 unspecified atom stereocenters. The van der Waals surface area contributed by atoms with Gasteiger partial charge in [0.1, 0.15) is 0 Å². The lowest BCUT2D eigenvalue weighted by Crippen LogP contribution is -2.07. The zero-order valence-corrected chi connectivity index (χ0v) is 33.6. The van der Waals surface area contributed by atoms with Crippen LogP contribution >= 0.6 is 0 Å². The molecule has 0 bridgehead atoms. The predicted octanol–water partition coefficient (Wildman–Crippen LogP) is 14.4. The molecular weight excluding hydrogens is 755 g/mol. The SMILES string of the molecule is c1ccc(-c2ccc(-c3nc(-c4ccccc4-n4c5cc(-c6ccccc6)ccc5c5ccc(-c6ccccc6)cc54)nc(-n4c5ccccc5c5ccccc54)n3)cc2)cc1. The lowest BCUT2D eigenvalue weighted by atomic mass is 10.0. The highest BCUT2D eigenvalue weighted by molar-refractivity contribution is 6.12. The molecule has 290 valence electrons. The quantitative estimate of drug-likeness (QED) is 0.162. The third-order valence-electron chi connectivity index (χ3n) is 12.0. The van der Waals surface area contributed by atoms with Gasteiger partial charge in [-0.3, -0.25) is 4.57 Å². The third-order valence-corrected chi connectivity index (χ3v) is 12.0. The van der Waals surface area contributed by atoms with Crippen LogP contribution in [0.1, 0.15) is 0 Å². The lowest BCUT2D eigenvalue weighted by Gasteiger charge is -2.16. The fourth-order valence-corrected chi connectivity index (χ4v) is 9.05. The van der Waals surface area contributed by atoms with Gasteiger partial charge in [-0.15, -0.1) is 0 Å². The van der Waals surface area contributed by atoms with E-state index in [4.69, 9.17) is 15.0 Å². The van der Waals surface area contributed by atoms with E-state index in [0.717, 1.165) is 71.9 Å². The van der Waals surface area contributed by atoms with E-state index in [1.807, 2.05) is 6.07 Å². The summed E-state index contributed by atoms with van der Waals surface area (Å²) in [5, 5.41) is 4.64. The first-order valence-electron chi connectivity index (χ1n) is 20.9. The number of benzene rings is 9. The van der Waals surface area contributed by atoms with Gasteiger partial charge in [-0.25, -0.2) is 4.98 Å². The topological polar surface area (TPSA) is 48.5 Å². The molecule has 9 aromatic carbocycles. The van der Waals surface area contributed by atoms with Crippen molar-refractivity contribution in [2.45, 2.75) is 0 Å². The average Bonchev–Trinajstić information content (AvgIpc) is 3.87. The van der Waals surface area contributed by atoms with Crippen LogP contribution in [0.4, 0.5) is 0 Å². The van der Waals surface area contributed by atoms with Crippen molar-refractivity contribution in [2.24, 2.45) is 0 Å². The van der Waals surface area contributed by atoms with E-state index >= 15 is 0 Å². The van der Waals surface area contributed by atoms with Crippen molar-refractivity contribution in [3.8, 4) is 67.8 Å². The summed E-state index contributed by atoms with van der Waals surface area (Å²) in [5.74, 6) is 1.74. The number of hydrogen-bond donors (Lipinski definition) is 0. The largest absolute Gasteiger partial charge is 0.308 e. The van der Waals surface area contributed by atoms with Crippen LogP contribution in [0.15, 0.2) is 224 Å². The molecule has 0 radical (unpaired) electrons. The molecule has 0 N–H and O–H groups in total. The fraction of sp³-hybridized carbons (Fsp3) is 0. The molecule has 0 aliphatic heterocycles. The maximum Gasteiger partial charge on any atom is 0.238 e. The molecule has 3 heterocycles. The smallest absolute Gasteiger partial charge is 0.238 e.